The molecule has 0 radical (unpaired) electrons. The van der Waals surface area contributed by atoms with E-state index >= 15 is 0 Å². The van der Waals surface area contributed by atoms with Crippen molar-refractivity contribution in [1.29, 1.82) is 0 Å². The first kappa shape index (κ1) is 11.7. The van der Waals surface area contributed by atoms with E-state index in [2.05, 4.69) is 19.1 Å². The number of carbonyl (C=O) groups is 1. The molecule has 1 saturated heterocycles. The van der Waals surface area contributed by atoms with Crippen molar-refractivity contribution in [3.05, 3.63) is 35.9 Å². The van der Waals surface area contributed by atoms with E-state index in [4.69, 9.17) is 5.73 Å². The highest BCUT2D eigenvalue weighted by Crippen LogP contribution is 2.49. The Kier molecular flexibility index (Phi) is 2.67. The summed E-state index contributed by atoms with van der Waals surface area (Å²) in [5, 5.41) is 0. The van der Waals surface area contributed by atoms with Crippen LogP contribution >= 0.6 is 0 Å². The number of rotatable bonds is 2. The third-order valence-corrected chi connectivity index (χ3v) is 4.79. The summed E-state index contributed by atoms with van der Waals surface area (Å²) in [5.41, 5.74) is 7.18. The average molecular weight is 244 g/mol. The predicted molar refractivity (Wildman–Crippen MR) is 70.8 cm³/mol. The maximum Gasteiger partial charge on any atom is 0.230 e. The van der Waals surface area contributed by atoms with Gasteiger partial charge in [-0.05, 0) is 25.3 Å². The van der Waals surface area contributed by atoms with Crippen LogP contribution in [-0.4, -0.2) is 23.4 Å². The number of nitrogens with two attached hydrogens (primary N) is 1. The van der Waals surface area contributed by atoms with Gasteiger partial charge in [-0.15, -0.1) is 0 Å². The van der Waals surface area contributed by atoms with E-state index in [1.165, 1.54) is 5.56 Å². The lowest BCUT2D eigenvalue weighted by molar-refractivity contribution is -0.142. The largest absolute Gasteiger partial charge is 0.334 e. The van der Waals surface area contributed by atoms with Crippen LogP contribution < -0.4 is 5.73 Å². The number of hydrogen-bond acceptors (Lipinski definition) is 2. The summed E-state index contributed by atoms with van der Waals surface area (Å²) in [4.78, 5) is 14.6. The second-order valence-electron chi connectivity index (χ2n) is 5.66. The number of carbonyl (C=O) groups excluding carboxylic acids is 1. The maximum absolute atomic E-state index is 12.6. The van der Waals surface area contributed by atoms with E-state index < -0.39 is 0 Å². The van der Waals surface area contributed by atoms with Crippen molar-refractivity contribution in [3.63, 3.8) is 0 Å². The fourth-order valence-corrected chi connectivity index (χ4v) is 3.30. The molecule has 1 amide bonds. The first-order chi connectivity index (χ1) is 8.65. The highest BCUT2D eigenvalue weighted by molar-refractivity contribution is 5.87. The van der Waals surface area contributed by atoms with Crippen LogP contribution in [0.4, 0.5) is 0 Å². The van der Waals surface area contributed by atoms with Crippen LogP contribution in [0.5, 0.6) is 0 Å². The van der Waals surface area contributed by atoms with E-state index in [9.17, 15) is 4.79 Å². The van der Waals surface area contributed by atoms with Crippen molar-refractivity contribution < 1.29 is 4.79 Å². The number of amides is 1. The van der Waals surface area contributed by atoms with Crippen LogP contribution in [0.3, 0.4) is 0 Å². The molecule has 1 aliphatic carbocycles. The minimum absolute atomic E-state index is 0.0184. The summed E-state index contributed by atoms with van der Waals surface area (Å²) in [6.07, 6.45) is 3.10. The summed E-state index contributed by atoms with van der Waals surface area (Å²) < 4.78 is 0. The fraction of sp³-hybridized carbons (Fsp3) is 0.533. The van der Waals surface area contributed by atoms with Gasteiger partial charge in [0.15, 0.2) is 0 Å². The molecule has 1 heterocycles. The van der Waals surface area contributed by atoms with Crippen LogP contribution in [0.2, 0.25) is 0 Å². The van der Waals surface area contributed by atoms with E-state index in [1.54, 1.807) is 0 Å². The Morgan fingerprint density at radius 1 is 1.33 bits per heavy atom. The monoisotopic (exact) mass is 244 g/mol. The van der Waals surface area contributed by atoms with Crippen molar-refractivity contribution in [2.45, 2.75) is 38.3 Å². The molecule has 18 heavy (non-hydrogen) atoms. The van der Waals surface area contributed by atoms with Crippen LogP contribution in [-0.2, 0) is 4.79 Å². The van der Waals surface area contributed by atoms with E-state index in [0.717, 1.165) is 19.3 Å². The number of nitrogens with zero attached hydrogens (tertiary/aromatic N) is 1. The first-order valence-electron chi connectivity index (χ1n) is 6.77. The van der Waals surface area contributed by atoms with Crippen LogP contribution in [0.25, 0.3) is 0 Å². The Morgan fingerprint density at radius 3 is 2.50 bits per heavy atom. The minimum atomic E-state index is -0.219. The van der Waals surface area contributed by atoms with Gasteiger partial charge in [-0.25, -0.2) is 0 Å². The molecule has 1 spiro atoms. The smallest absolute Gasteiger partial charge is 0.230 e. The highest BCUT2D eigenvalue weighted by atomic mass is 16.2. The quantitative estimate of drug-likeness (QED) is 0.866. The summed E-state index contributed by atoms with van der Waals surface area (Å²) in [7, 11) is 0. The van der Waals surface area contributed by atoms with Gasteiger partial charge in [0.1, 0.15) is 0 Å². The Balaban J connectivity index is 1.84. The third-order valence-electron chi connectivity index (χ3n) is 4.79. The molecule has 1 aromatic carbocycles. The molecule has 0 bridgehead atoms. The molecule has 2 aliphatic rings. The van der Waals surface area contributed by atoms with Crippen molar-refractivity contribution >= 4 is 5.91 Å². The van der Waals surface area contributed by atoms with Gasteiger partial charge in [0, 0.05) is 12.6 Å². The van der Waals surface area contributed by atoms with Gasteiger partial charge < -0.3 is 10.6 Å². The van der Waals surface area contributed by atoms with Gasteiger partial charge >= 0.3 is 0 Å². The molecule has 2 fully saturated rings. The number of hydrogen-bond donors (Lipinski definition) is 1. The van der Waals surface area contributed by atoms with Crippen molar-refractivity contribution in [1.82, 2.24) is 4.90 Å². The first-order valence-corrected chi connectivity index (χ1v) is 6.77. The normalized spacial score (nSPS) is 27.3. The molecule has 3 rings (SSSR count). The summed E-state index contributed by atoms with van der Waals surface area (Å²) in [6, 6.07) is 10.3. The summed E-state index contributed by atoms with van der Waals surface area (Å²) >= 11 is 0. The zero-order chi connectivity index (χ0) is 12.8. The van der Waals surface area contributed by atoms with Crippen molar-refractivity contribution in [2.75, 3.05) is 6.54 Å². The second kappa shape index (κ2) is 4.09. The average Bonchev–Trinajstić information content (AvgIpc) is 2.61. The van der Waals surface area contributed by atoms with Gasteiger partial charge in [0.25, 0.3) is 0 Å². The number of likely N-dealkylation sites (tertiary alicyclic amines) is 1. The Morgan fingerprint density at radius 2 is 2.00 bits per heavy atom. The topological polar surface area (TPSA) is 46.3 Å². The SMILES string of the molecule is C[C@@H](c1ccccc1)N1CC(N)C2(CCC2)C1=O. The lowest BCUT2D eigenvalue weighted by atomic mass is 9.65. The van der Waals surface area contributed by atoms with E-state index in [0.29, 0.717) is 6.54 Å². The van der Waals surface area contributed by atoms with Crippen molar-refractivity contribution in [2.24, 2.45) is 11.1 Å². The molecule has 3 nitrogen and oxygen atoms in total. The lowest BCUT2D eigenvalue weighted by Crippen LogP contribution is -2.48. The minimum Gasteiger partial charge on any atom is -0.334 e. The summed E-state index contributed by atoms with van der Waals surface area (Å²) in [5.74, 6) is 0.276. The van der Waals surface area contributed by atoms with Crippen LogP contribution in [0, 0.1) is 5.41 Å². The zero-order valence-corrected chi connectivity index (χ0v) is 10.8. The van der Waals surface area contributed by atoms with Crippen LogP contribution in [0.15, 0.2) is 30.3 Å². The molecular formula is C15H20N2O. The molecule has 96 valence electrons. The highest BCUT2D eigenvalue weighted by Gasteiger charge is 2.56. The number of benzene rings is 1. The molecule has 1 aliphatic heterocycles. The van der Waals surface area contributed by atoms with Crippen LogP contribution in [0.1, 0.15) is 37.8 Å². The maximum atomic E-state index is 12.6. The standard InChI is InChI=1S/C15H20N2O/c1-11(12-6-3-2-4-7-12)17-10-13(16)15(14(17)18)8-5-9-15/h2-4,6-7,11,13H,5,8-10,16H2,1H3/t11-,13?/m0/s1. The van der Waals surface area contributed by atoms with E-state index in [1.807, 2.05) is 23.1 Å². The second-order valence-corrected chi connectivity index (χ2v) is 5.66. The third kappa shape index (κ3) is 1.50. The summed E-state index contributed by atoms with van der Waals surface area (Å²) in [6.45, 7) is 2.80. The van der Waals surface area contributed by atoms with Gasteiger partial charge in [-0.3, -0.25) is 4.79 Å². The Bertz CT molecular complexity index is 453. The molecule has 3 heteroatoms. The van der Waals surface area contributed by atoms with Gasteiger partial charge in [-0.2, -0.15) is 0 Å². The predicted octanol–water partition coefficient (Wildman–Crippen LogP) is 2.09. The molecular weight excluding hydrogens is 224 g/mol. The van der Waals surface area contributed by atoms with E-state index in [-0.39, 0.29) is 23.4 Å². The Labute approximate surface area is 108 Å². The zero-order valence-electron chi connectivity index (χ0n) is 10.8. The molecule has 1 unspecified atom stereocenters. The molecule has 0 aromatic heterocycles. The van der Waals surface area contributed by atoms with Gasteiger partial charge in [0.05, 0.1) is 11.5 Å². The van der Waals surface area contributed by atoms with Gasteiger partial charge in [0.2, 0.25) is 5.91 Å². The van der Waals surface area contributed by atoms with Crippen molar-refractivity contribution in [3.8, 4) is 0 Å². The molecule has 1 aromatic rings. The molecule has 1 saturated carbocycles. The Hall–Kier alpha value is -1.35. The fourth-order valence-electron chi connectivity index (χ4n) is 3.30. The molecule has 2 atom stereocenters. The molecule has 2 N–H and O–H groups in total. The van der Waals surface area contributed by atoms with Gasteiger partial charge in [-0.1, -0.05) is 36.8 Å². The lowest BCUT2D eigenvalue weighted by Gasteiger charge is -2.39.